The number of halogens is 2. The second kappa shape index (κ2) is 5.88. The Kier molecular flexibility index (Phi) is 3.94. The molecule has 0 unspecified atom stereocenters. The van der Waals surface area contributed by atoms with Crippen molar-refractivity contribution in [2.45, 2.75) is 12.3 Å². The van der Waals surface area contributed by atoms with Crippen LogP contribution in [0.1, 0.15) is 11.3 Å². The molecule has 3 rings (SSSR count). The molecular formula is C16H12BrFN2O2. The number of hydrogen-bond donors (Lipinski definition) is 1. The molecule has 0 spiro atoms. The van der Waals surface area contributed by atoms with Gasteiger partial charge in [0, 0.05) is 5.33 Å². The molecule has 0 aliphatic carbocycles. The van der Waals surface area contributed by atoms with Crippen molar-refractivity contribution in [2.75, 3.05) is 0 Å². The Morgan fingerprint density at radius 3 is 2.77 bits per heavy atom. The SMILES string of the molecule is Cc1nc2c(Oc3ccccc3F)cc(CBr)cc2[nH]c1=O. The highest BCUT2D eigenvalue weighted by Gasteiger charge is 2.12. The average Bonchev–Trinajstić information content (AvgIpc) is 2.51. The predicted molar refractivity (Wildman–Crippen MR) is 86.2 cm³/mol. The normalized spacial score (nSPS) is 10.9. The third-order valence-corrected chi connectivity index (χ3v) is 3.85. The summed E-state index contributed by atoms with van der Waals surface area (Å²) in [7, 11) is 0. The van der Waals surface area contributed by atoms with E-state index in [-0.39, 0.29) is 11.3 Å². The summed E-state index contributed by atoms with van der Waals surface area (Å²) in [5, 5.41) is 0.576. The minimum Gasteiger partial charge on any atom is -0.452 e. The Bertz CT molecular complexity index is 908. The molecule has 0 aliphatic rings. The molecule has 0 atom stereocenters. The Labute approximate surface area is 134 Å². The highest BCUT2D eigenvalue weighted by atomic mass is 79.9. The van der Waals surface area contributed by atoms with E-state index in [1.807, 2.05) is 6.07 Å². The number of ether oxygens (including phenoxy) is 1. The van der Waals surface area contributed by atoms with E-state index in [0.29, 0.717) is 27.8 Å². The summed E-state index contributed by atoms with van der Waals surface area (Å²) < 4.78 is 19.5. The zero-order valence-corrected chi connectivity index (χ0v) is 13.3. The lowest BCUT2D eigenvalue weighted by Crippen LogP contribution is -2.12. The van der Waals surface area contributed by atoms with E-state index < -0.39 is 5.82 Å². The monoisotopic (exact) mass is 362 g/mol. The number of fused-ring (bicyclic) bond motifs is 1. The van der Waals surface area contributed by atoms with Gasteiger partial charge in [-0.15, -0.1) is 0 Å². The van der Waals surface area contributed by atoms with Gasteiger partial charge in [-0.3, -0.25) is 4.79 Å². The number of H-pyrrole nitrogens is 1. The van der Waals surface area contributed by atoms with Crippen LogP contribution in [0.5, 0.6) is 11.5 Å². The molecule has 0 bridgehead atoms. The number of aromatic amines is 1. The summed E-state index contributed by atoms with van der Waals surface area (Å²) in [5.74, 6) is 0.0543. The topological polar surface area (TPSA) is 55.0 Å². The largest absolute Gasteiger partial charge is 0.452 e. The minimum atomic E-state index is -0.457. The van der Waals surface area contributed by atoms with Gasteiger partial charge >= 0.3 is 0 Å². The van der Waals surface area contributed by atoms with Gasteiger partial charge in [0.15, 0.2) is 17.3 Å². The molecule has 0 fully saturated rings. The number of para-hydroxylation sites is 1. The molecule has 3 aromatic rings. The maximum atomic E-state index is 13.8. The first-order chi connectivity index (χ1) is 10.6. The van der Waals surface area contributed by atoms with Crippen LogP contribution in [0.3, 0.4) is 0 Å². The summed E-state index contributed by atoms with van der Waals surface area (Å²) in [4.78, 5) is 18.8. The fraction of sp³-hybridized carbons (Fsp3) is 0.125. The van der Waals surface area contributed by atoms with Crippen molar-refractivity contribution in [3.63, 3.8) is 0 Å². The van der Waals surface area contributed by atoms with E-state index in [2.05, 4.69) is 25.9 Å². The van der Waals surface area contributed by atoms with Gasteiger partial charge in [0.1, 0.15) is 11.2 Å². The number of hydrogen-bond acceptors (Lipinski definition) is 3. The second-order valence-electron chi connectivity index (χ2n) is 4.81. The van der Waals surface area contributed by atoms with Crippen molar-refractivity contribution >= 4 is 27.0 Å². The molecule has 1 N–H and O–H groups in total. The smallest absolute Gasteiger partial charge is 0.269 e. The summed E-state index contributed by atoms with van der Waals surface area (Å²) in [6.07, 6.45) is 0. The van der Waals surface area contributed by atoms with Crippen molar-refractivity contribution in [1.29, 1.82) is 0 Å². The molecule has 0 amide bonds. The van der Waals surface area contributed by atoms with Crippen LogP contribution in [0.4, 0.5) is 4.39 Å². The molecule has 22 heavy (non-hydrogen) atoms. The first-order valence-corrected chi connectivity index (χ1v) is 7.72. The van der Waals surface area contributed by atoms with Crippen molar-refractivity contribution in [1.82, 2.24) is 9.97 Å². The highest BCUT2D eigenvalue weighted by molar-refractivity contribution is 9.08. The van der Waals surface area contributed by atoms with Crippen LogP contribution in [0.25, 0.3) is 11.0 Å². The van der Waals surface area contributed by atoms with Crippen LogP contribution in [0, 0.1) is 12.7 Å². The number of nitrogens with zero attached hydrogens (tertiary/aromatic N) is 1. The molecule has 6 heteroatoms. The Morgan fingerprint density at radius 2 is 2.05 bits per heavy atom. The number of alkyl halides is 1. The van der Waals surface area contributed by atoms with Crippen molar-refractivity contribution in [3.05, 3.63) is 63.8 Å². The number of rotatable bonds is 3. The van der Waals surface area contributed by atoms with E-state index in [1.54, 1.807) is 31.2 Å². The standard InChI is InChI=1S/C16H12BrFN2O2/c1-9-16(21)20-12-6-10(8-17)7-14(15(12)19-9)22-13-5-3-2-4-11(13)18/h2-7H,8H2,1H3,(H,20,21). The van der Waals surface area contributed by atoms with Gasteiger partial charge in [-0.2, -0.15) is 0 Å². The first-order valence-electron chi connectivity index (χ1n) is 6.60. The van der Waals surface area contributed by atoms with Crippen LogP contribution in [-0.2, 0) is 5.33 Å². The quantitative estimate of drug-likeness (QED) is 0.714. The van der Waals surface area contributed by atoms with Crippen molar-refractivity contribution in [3.8, 4) is 11.5 Å². The van der Waals surface area contributed by atoms with Crippen molar-refractivity contribution in [2.24, 2.45) is 0 Å². The van der Waals surface area contributed by atoms with Crippen LogP contribution in [0.2, 0.25) is 0 Å². The third kappa shape index (κ3) is 2.74. The van der Waals surface area contributed by atoms with E-state index in [9.17, 15) is 9.18 Å². The first kappa shape index (κ1) is 14.7. The summed E-state index contributed by atoms with van der Waals surface area (Å²) in [6.45, 7) is 1.61. The van der Waals surface area contributed by atoms with Crippen LogP contribution in [-0.4, -0.2) is 9.97 Å². The Hall–Kier alpha value is -2.21. The molecule has 2 aromatic carbocycles. The average molecular weight is 363 g/mol. The lowest BCUT2D eigenvalue weighted by atomic mass is 10.2. The molecule has 0 saturated carbocycles. The van der Waals surface area contributed by atoms with Gasteiger partial charge in [-0.1, -0.05) is 28.1 Å². The van der Waals surface area contributed by atoms with Gasteiger partial charge in [0.05, 0.1) is 5.52 Å². The minimum absolute atomic E-state index is 0.112. The molecule has 0 radical (unpaired) electrons. The van der Waals surface area contributed by atoms with Crippen LogP contribution in [0.15, 0.2) is 41.2 Å². The fourth-order valence-electron chi connectivity index (χ4n) is 2.11. The Morgan fingerprint density at radius 1 is 1.27 bits per heavy atom. The Balaban J connectivity index is 2.21. The number of benzene rings is 2. The van der Waals surface area contributed by atoms with E-state index >= 15 is 0 Å². The van der Waals surface area contributed by atoms with E-state index in [0.717, 1.165) is 5.56 Å². The van der Waals surface area contributed by atoms with E-state index in [1.165, 1.54) is 6.07 Å². The maximum Gasteiger partial charge on any atom is 0.269 e. The molecule has 4 nitrogen and oxygen atoms in total. The molecule has 1 heterocycles. The van der Waals surface area contributed by atoms with Crippen LogP contribution < -0.4 is 10.3 Å². The lowest BCUT2D eigenvalue weighted by Gasteiger charge is -2.11. The molecule has 112 valence electrons. The zero-order chi connectivity index (χ0) is 15.7. The van der Waals surface area contributed by atoms with Gasteiger partial charge in [0.2, 0.25) is 0 Å². The van der Waals surface area contributed by atoms with Crippen molar-refractivity contribution < 1.29 is 9.13 Å². The summed E-state index contributed by atoms with van der Waals surface area (Å²) >= 11 is 3.37. The van der Waals surface area contributed by atoms with Gasteiger partial charge in [-0.05, 0) is 36.8 Å². The third-order valence-electron chi connectivity index (χ3n) is 3.20. The highest BCUT2D eigenvalue weighted by Crippen LogP contribution is 2.31. The second-order valence-corrected chi connectivity index (χ2v) is 5.37. The molecular weight excluding hydrogens is 351 g/mol. The predicted octanol–water partition coefficient (Wildman–Crippen LogP) is 4.06. The number of aromatic nitrogens is 2. The zero-order valence-electron chi connectivity index (χ0n) is 11.7. The molecule has 1 aromatic heterocycles. The number of aryl methyl sites for hydroxylation is 1. The molecule has 0 saturated heterocycles. The van der Waals surface area contributed by atoms with E-state index in [4.69, 9.17) is 4.74 Å². The fourth-order valence-corrected chi connectivity index (χ4v) is 2.43. The van der Waals surface area contributed by atoms with Gasteiger partial charge in [0.25, 0.3) is 5.56 Å². The maximum absolute atomic E-state index is 13.8. The lowest BCUT2D eigenvalue weighted by molar-refractivity contribution is 0.445. The summed E-state index contributed by atoms with van der Waals surface area (Å²) in [6, 6.07) is 9.73. The summed E-state index contributed by atoms with van der Waals surface area (Å²) in [5.41, 5.74) is 2.01. The van der Waals surface area contributed by atoms with Gasteiger partial charge < -0.3 is 9.72 Å². The molecule has 0 aliphatic heterocycles. The van der Waals surface area contributed by atoms with Gasteiger partial charge in [-0.25, -0.2) is 9.37 Å². The van der Waals surface area contributed by atoms with Crippen LogP contribution >= 0.6 is 15.9 Å². The number of nitrogens with one attached hydrogen (secondary N) is 1.